The summed E-state index contributed by atoms with van der Waals surface area (Å²) in [5.74, 6) is -0.203. The third kappa shape index (κ3) is 3.46. The van der Waals surface area contributed by atoms with Crippen molar-refractivity contribution in [2.24, 2.45) is 0 Å². The number of sulfonamides is 1. The zero-order valence-electron chi connectivity index (χ0n) is 11.5. The molecule has 7 heteroatoms. The average Bonchev–Trinajstić information content (AvgIpc) is 2.99. The molecule has 2 saturated heterocycles. The van der Waals surface area contributed by atoms with Crippen LogP contribution in [0.5, 0.6) is 0 Å². The second-order valence-electron chi connectivity index (χ2n) is 5.38. The predicted octanol–water partition coefficient (Wildman–Crippen LogP) is 0.0941. The van der Waals surface area contributed by atoms with E-state index < -0.39 is 16.1 Å². The summed E-state index contributed by atoms with van der Waals surface area (Å²) in [6.45, 7) is 3.09. The van der Waals surface area contributed by atoms with Crippen LogP contribution in [0.4, 0.5) is 0 Å². The van der Waals surface area contributed by atoms with Gasteiger partial charge in [0.05, 0.1) is 18.4 Å². The van der Waals surface area contributed by atoms with Gasteiger partial charge in [-0.25, -0.2) is 8.42 Å². The second kappa shape index (κ2) is 5.76. The van der Waals surface area contributed by atoms with Gasteiger partial charge in [0.25, 0.3) is 0 Å². The van der Waals surface area contributed by atoms with Crippen LogP contribution in [0.2, 0.25) is 0 Å². The number of ether oxygens (including phenoxy) is 1. The number of carbonyl (C=O) groups is 1. The summed E-state index contributed by atoms with van der Waals surface area (Å²) in [6.07, 6.45) is 4.50. The van der Waals surface area contributed by atoms with Crippen molar-refractivity contribution in [1.29, 1.82) is 0 Å². The zero-order chi connectivity index (χ0) is 14.0. The van der Waals surface area contributed by atoms with E-state index in [0.717, 1.165) is 32.1 Å². The van der Waals surface area contributed by atoms with Crippen molar-refractivity contribution in [3.8, 4) is 0 Å². The Hall–Kier alpha value is -0.660. The minimum atomic E-state index is -3.31. The average molecular weight is 290 g/mol. The molecular weight excluding hydrogens is 268 g/mol. The van der Waals surface area contributed by atoms with Gasteiger partial charge in [-0.05, 0) is 32.6 Å². The summed E-state index contributed by atoms with van der Waals surface area (Å²) < 4.78 is 30.0. The first-order valence-electron chi connectivity index (χ1n) is 6.78. The molecule has 2 heterocycles. The van der Waals surface area contributed by atoms with Crippen LogP contribution in [0.25, 0.3) is 0 Å². The number of nitrogens with one attached hydrogen (secondary N) is 1. The van der Waals surface area contributed by atoms with E-state index in [1.54, 1.807) is 0 Å². The van der Waals surface area contributed by atoms with Crippen molar-refractivity contribution in [3.05, 3.63) is 0 Å². The summed E-state index contributed by atoms with van der Waals surface area (Å²) in [6, 6.07) is -0.629. The highest BCUT2D eigenvalue weighted by molar-refractivity contribution is 7.88. The molecule has 3 atom stereocenters. The first kappa shape index (κ1) is 14.7. The zero-order valence-corrected chi connectivity index (χ0v) is 12.3. The largest absolute Gasteiger partial charge is 0.376 e. The molecule has 2 fully saturated rings. The van der Waals surface area contributed by atoms with Crippen LogP contribution >= 0.6 is 0 Å². The van der Waals surface area contributed by atoms with Gasteiger partial charge in [-0.2, -0.15) is 4.31 Å². The first-order valence-corrected chi connectivity index (χ1v) is 8.63. The molecule has 0 spiro atoms. The molecule has 1 N–H and O–H groups in total. The lowest BCUT2D eigenvalue weighted by molar-refractivity contribution is -0.125. The molecule has 2 rings (SSSR count). The highest BCUT2D eigenvalue weighted by atomic mass is 32.2. The maximum Gasteiger partial charge on any atom is 0.238 e. The first-order chi connectivity index (χ1) is 8.89. The van der Waals surface area contributed by atoms with E-state index in [-0.39, 0.29) is 18.1 Å². The lowest BCUT2D eigenvalue weighted by Crippen LogP contribution is -2.50. The van der Waals surface area contributed by atoms with Gasteiger partial charge in [0.15, 0.2) is 0 Å². The Kier molecular flexibility index (Phi) is 4.47. The van der Waals surface area contributed by atoms with Crippen molar-refractivity contribution < 1.29 is 17.9 Å². The molecule has 0 aliphatic carbocycles. The van der Waals surface area contributed by atoms with E-state index in [1.807, 2.05) is 6.92 Å². The highest BCUT2D eigenvalue weighted by Gasteiger charge is 2.37. The molecule has 0 aromatic rings. The van der Waals surface area contributed by atoms with E-state index >= 15 is 0 Å². The maximum absolute atomic E-state index is 12.2. The topological polar surface area (TPSA) is 75.7 Å². The number of hydrogen-bond donors (Lipinski definition) is 1. The molecule has 0 radical (unpaired) electrons. The summed E-state index contributed by atoms with van der Waals surface area (Å²) in [5, 5.41) is 2.90. The lowest BCUT2D eigenvalue weighted by Gasteiger charge is -2.25. The third-order valence-corrected chi connectivity index (χ3v) is 5.11. The summed E-state index contributed by atoms with van der Waals surface area (Å²) >= 11 is 0. The van der Waals surface area contributed by atoms with Crippen molar-refractivity contribution >= 4 is 15.9 Å². The van der Waals surface area contributed by atoms with Crippen molar-refractivity contribution in [2.45, 2.75) is 50.8 Å². The van der Waals surface area contributed by atoms with E-state index in [0.29, 0.717) is 13.0 Å². The number of hydrogen-bond acceptors (Lipinski definition) is 4. The summed E-state index contributed by atoms with van der Waals surface area (Å²) in [5.41, 5.74) is 0. The fourth-order valence-corrected chi connectivity index (χ4v) is 3.93. The van der Waals surface area contributed by atoms with Gasteiger partial charge in [-0.3, -0.25) is 4.79 Å². The van der Waals surface area contributed by atoms with Crippen LogP contribution < -0.4 is 5.32 Å². The third-order valence-electron chi connectivity index (χ3n) is 3.82. The quantitative estimate of drug-likeness (QED) is 0.796. The van der Waals surface area contributed by atoms with Gasteiger partial charge in [-0.15, -0.1) is 0 Å². The molecular formula is C12H22N2O4S. The standard InChI is InChI=1S/C12H22N2O4S/c1-9(11-6-4-8-18-11)13-12(15)10-5-3-7-14(10)19(2,16)17/h9-11H,3-8H2,1-2H3,(H,13,15)/t9-,10-,11-/m0/s1. The Labute approximate surface area is 114 Å². The molecule has 0 saturated carbocycles. The number of carbonyl (C=O) groups excluding carboxylic acids is 1. The Balaban J connectivity index is 1.95. The summed E-state index contributed by atoms with van der Waals surface area (Å²) in [7, 11) is -3.31. The Bertz CT molecular complexity index is 431. The van der Waals surface area contributed by atoms with Crippen LogP contribution in [-0.2, 0) is 19.6 Å². The SMILES string of the molecule is C[C@H](NC(=O)[C@@H]1CCCN1S(C)(=O)=O)[C@@H]1CCCO1. The second-order valence-corrected chi connectivity index (χ2v) is 7.32. The lowest BCUT2D eigenvalue weighted by atomic mass is 10.1. The van der Waals surface area contributed by atoms with Gasteiger partial charge in [-0.1, -0.05) is 0 Å². The van der Waals surface area contributed by atoms with Crippen LogP contribution in [-0.4, -0.2) is 56.2 Å². The minimum Gasteiger partial charge on any atom is -0.376 e. The van der Waals surface area contributed by atoms with Crippen molar-refractivity contribution in [2.75, 3.05) is 19.4 Å². The predicted molar refractivity (Wildman–Crippen MR) is 71.2 cm³/mol. The molecule has 0 aromatic heterocycles. The number of nitrogens with zero attached hydrogens (tertiary/aromatic N) is 1. The Morgan fingerprint density at radius 1 is 1.37 bits per heavy atom. The van der Waals surface area contributed by atoms with E-state index in [9.17, 15) is 13.2 Å². The van der Waals surface area contributed by atoms with E-state index in [2.05, 4.69) is 5.32 Å². The van der Waals surface area contributed by atoms with Crippen LogP contribution in [0, 0.1) is 0 Å². The molecule has 1 amide bonds. The molecule has 110 valence electrons. The smallest absolute Gasteiger partial charge is 0.238 e. The molecule has 19 heavy (non-hydrogen) atoms. The molecule has 2 aliphatic heterocycles. The van der Waals surface area contributed by atoms with Crippen LogP contribution in [0.1, 0.15) is 32.6 Å². The Morgan fingerprint density at radius 3 is 2.68 bits per heavy atom. The minimum absolute atomic E-state index is 0.0528. The van der Waals surface area contributed by atoms with Gasteiger partial charge in [0.1, 0.15) is 6.04 Å². The van der Waals surface area contributed by atoms with Gasteiger partial charge in [0, 0.05) is 13.2 Å². The molecule has 0 aromatic carbocycles. The van der Waals surface area contributed by atoms with Crippen molar-refractivity contribution in [3.63, 3.8) is 0 Å². The number of amides is 1. The monoisotopic (exact) mass is 290 g/mol. The van der Waals surface area contributed by atoms with Crippen molar-refractivity contribution in [1.82, 2.24) is 9.62 Å². The fraction of sp³-hybridized carbons (Fsp3) is 0.917. The van der Waals surface area contributed by atoms with E-state index in [1.165, 1.54) is 4.31 Å². The Morgan fingerprint density at radius 2 is 2.11 bits per heavy atom. The summed E-state index contributed by atoms with van der Waals surface area (Å²) in [4.78, 5) is 12.2. The molecule has 0 unspecified atom stereocenters. The molecule has 0 bridgehead atoms. The van der Waals surface area contributed by atoms with Gasteiger partial charge in [0.2, 0.25) is 15.9 Å². The van der Waals surface area contributed by atoms with Gasteiger partial charge >= 0.3 is 0 Å². The number of rotatable bonds is 4. The van der Waals surface area contributed by atoms with E-state index in [4.69, 9.17) is 4.74 Å². The fourth-order valence-electron chi connectivity index (χ4n) is 2.81. The normalized spacial score (nSPS) is 30.4. The molecule has 2 aliphatic rings. The van der Waals surface area contributed by atoms with Crippen LogP contribution in [0.15, 0.2) is 0 Å². The van der Waals surface area contributed by atoms with Gasteiger partial charge < -0.3 is 10.1 Å². The van der Waals surface area contributed by atoms with Crippen LogP contribution in [0.3, 0.4) is 0 Å². The highest BCUT2D eigenvalue weighted by Crippen LogP contribution is 2.21. The maximum atomic E-state index is 12.2. The molecule has 6 nitrogen and oxygen atoms in total.